The average Bonchev–Trinajstić information content (AvgIpc) is 3.31. The fourth-order valence-electron chi connectivity index (χ4n) is 3.92. The summed E-state index contributed by atoms with van der Waals surface area (Å²) in [6.07, 6.45) is 2.33. The Morgan fingerprint density at radius 3 is 2.51 bits per heavy atom. The van der Waals surface area contributed by atoms with Crippen LogP contribution in [0.5, 0.6) is 11.5 Å². The highest BCUT2D eigenvalue weighted by Crippen LogP contribution is 2.33. The van der Waals surface area contributed by atoms with Crippen LogP contribution in [0, 0.1) is 0 Å². The van der Waals surface area contributed by atoms with E-state index in [2.05, 4.69) is 10.3 Å². The van der Waals surface area contributed by atoms with Gasteiger partial charge in [-0.3, -0.25) is 4.57 Å². The molecule has 4 rings (SSSR count). The highest BCUT2D eigenvalue weighted by atomic mass is 16.5. The highest BCUT2D eigenvalue weighted by Gasteiger charge is 2.20. The molecule has 3 N–H and O–H groups in total. The number of nitrogens with zero attached hydrogens (tertiary/aromatic N) is 3. The van der Waals surface area contributed by atoms with E-state index < -0.39 is 5.97 Å². The van der Waals surface area contributed by atoms with Gasteiger partial charge in [0, 0.05) is 12.1 Å². The van der Waals surface area contributed by atoms with Crippen molar-refractivity contribution in [3.8, 4) is 17.3 Å². The number of esters is 1. The smallest absolute Gasteiger partial charge is 0.341 e. The number of pyridine rings is 1. The van der Waals surface area contributed by atoms with Crippen LogP contribution in [0.25, 0.3) is 16.9 Å². The van der Waals surface area contributed by atoms with E-state index in [9.17, 15) is 4.79 Å². The Labute approximate surface area is 203 Å². The van der Waals surface area contributed by atoms with E-state index in [1.165, 1.54) is 0 Å². The first-order chi connectivity index (χ1) is 17.1. The second-order valence-electron chi connectivity index (χ2n) is 7.78. The van der Waals surface area contributed by atoms with Gasteiger partial charge in [0.05, 0.1) is 37.9 Å². The van der Waals surface area contributed by atoms with Crippen LogP contribution in [-0.2, 0) is 4.74 Å². The minimum absolute atomic E-state index is 0.138. The molecule has 35 heavy (non-hydrogen) atoms. The van der Waals surface area contributed by atoms with E-state index in [4.69, 9.17) is 24.9 Å². The fraction of sp³-hybridized carbons (Fsp3) is 0.269. The van der Waals surface area contributed by atoms with Gasteiger partial charge in [0.15, 0.2) is 11.5 Å². The zero-order valence-corrected chi connectivity index (χ0v) is 20.0. The number of hydrogen-bond acceptors (Lipinski definition) is 8. The van der Waals surface area contributed by atoms with Crippen molar-refractivity contribution in [1.82, 2.24) is 14.5 Å². The van der Waals surface area contributed by atoms with E-state index in [1.54, 1.807) is 39.6 Å². The van der Waals surface area contributed by atoms with Gasteiger partial charge in [-0.15, -0.1) is 0 Å². The molecule has 0 aliphatic heterocycles. The number of nitrogens with two attached hydrogens (primary N) is 1. The number of methoxy groups -OCH3 is 2. The van der Waals surface area contributed by atoms with Gasteiger partial charge in [0.25, 0.3) is 0 Å². The Bertz CT molecular complexity index is 1310. The summed E-state index contributed by atoms with van der Waals surface area (Å²) in [5.41, 5.74) is 8.80. The summed E-state index contributed by atoms with van der Waals surface area (Å²) in [6.45, 7) is 2.50. The predicted molar refractivity (Wildman–Crippen MR) is 134 cm³/mol. The number of ether oxygens (including phenoxy) is 3. The monoisotopic (exact) mass is 475 g/mol. The molecule has 0 aliphatic carbocycles. The van der Waals surface area contributed by atoms with Crippen molar-refractivity contribution in [2.75, 3.05) is 32.7 Å². The Kier molecular flexibility index (Phi) is 7.47. The second kappa shape index (κ2) is 10.9. The van der Waals surface area contributed by atoms with Crippen LogP contribution in [-0.4, -0.2) is 47.9 Å². The molecule has 2 aromatic heterocycles. The van der Waals surface area contributed by atoms with Gasteiger partial charge in [-0.1, -0.05) is 30.3 Å². The van der Waals surface area contributed by atoms with Crippen molar-refractivity contribution in [1.29, 1.82) is 0 Å². The van der Waals surface area contributed by atoms with Crippen LogP contribution >= 0.6 is 0 Å². The first kappa shape index (κ1) is 24.0. The van der Waals surface area contributed by atoms with E-state index >= 15 is 0 Å². The molecular weight excluding hydrogens is 446 g/mol. The van der Waals surface area contributed by atoms with Crippen LogP contribution in [0.1, 0.15) is 35.3 Å². The van der Waals surface area contributed by atoms with Crippen molar-refractivity contribution >= 4 is 22.8 Å². The normalized spacial score (nSPS) is 11.8. The number of carbonyl (C=O) groups excluding carboxylic acids is 1. The molecule has 4 aromatic rings. The van der Waals surface area contributed by atoms with Crippen molar-refractivity contribution in [2.45, 2.75) is 19.4 Å². The molecule has 0 fully saturated rings. The summed E-state index contributed by atoms with van der Waals surface area (Å²) in [7, 11) is 3.17. The lowest BCUT2D eigenvalue weighted by atomic mass is 10.0. The number of carbonyl (C=O) groups is 1. The molecule has 0 saturated heterocycles. The van der Waals surface area contributed by atoms with Gasteiger partial charge < -0.3 is 25.3 Å². The predicted octanol–water partition coefficient (Wildman–Crippen LogP) is 4.12. The molecule has 0 bridgehead atoms. The number of rotatable bonds is 10. The molecule has 0 spiro atoms. The standard InChI is InChI=1S/C26H29N5O4/c1-4-35-26(32)18-10-11-24(30-25(18)29-19(12-13-27)17-8-6-5-7-9-17)31-16-28-20-14-22(33-2)23(34-3)15-21(20)31/h5-11,14-16,19H,4,12-13,27H2,1-3H3,(H,29,30). The van der Waals surface area contributed by atoms with Crippen molar-refractivity contribution < 1.29 is 19.0 Å². The number of nitrogens with one attached hydrogen (secondary N) is 1. The Balaban J connectivity index is 1.80. The average molecular weight is 476 g/mol. The molecule has 0 aliphatic rings. The third kappa shape index (κ3) is 5.04. The summed E-state index contributed by atoms with van der Waals surface area (Å²) in [5, 5.41) is 3.42. The van der Waals surface area contributed by atoms with Gasteiger partial charge in [0.1, 0.15) is 23.5 Å². The summed E-state index contributed by atoms with van der Waals surface area (Å²) >= 11 is 0. The molecule has 2 heterocycles. The van der Waals surface area contributed by atoms with Crippen LogP contribution in [0.15, 0.2) is 60.9 Å². The molecule has 0 amide bonds. The second-order valence-corrected chi connectivity index (χ2v) is 7.78. The van der Waals surface area contributed by atoms with Gasteiger partial charge in [-0.05, 0) is 37.6 Å². The number of fused-ring (bicyclic) bond motifs is 1. The molecule has 0 radical (unpaired) electrons. The summed E-state index contributed by atoms with van der Waals surface area (Å²) in [6, 6.07) is 16.9. The number of imidazole rings is 1. The summed E-state index contributed by atoms with van der Waals surface area (Å²) < 4.78 is 18.0. The maximum atomic E-state index is 12.7. The lowest BCUT2D eigenvalue weighted by molar-refractivity contribution is 0.0527. The molecule has 182 valence electrons. The number of anilines is 1. The molecule has 9 nitrogen and oxygen atoms in total. The zero-order valence-electron chi connectivity index (χ0n) is 20.0. The summed E-state index contributed by atoms with van der Waals surface area (Å²) in [5.74, 6) is 1.71. The lowest BCUT2D eigenvalue weighted by Crippen LogP contribution is -2.19. The van der Waals surface area contributed by atoms with Crippen LogP contribution < -0.4 is 20.5 Å². The van der Waals surface area contributed by atoms with Crippen LogP contribution in [0.3, 0.4) is 0 Å². The van der Waals surface area contributed by atoms with E-state index in [0.29, 0.717) is 41.7 Å². The molecule has 2 aromatic carbocycles. The Morgan fingerprint density at radius 2 is 1.83 bits per heavy atom. The quantitative estimate of drug-likeness (QED) is 0.329. The van der Waals surface area contributed by atoms with Gasteiger partial charge in [-0.25, -0.2) is 14.8 Å². The van der Waals surface area contributed by atoms with Crippen molar-refractivity contribution in [3.05, 3.63) is 72.1 Å². The largest absolute Gasteiger partial charge is 0.493 e. The first-order valence-corrected chi connectivity index (χ1v) is 11.4. The molecule has 1 unspecified atom stereocenters. The number of aromatic nitrogens is 3. The first-order valence-electron chi connectivity index (χ1n) is 11.4. The lowest BCUT2D eigenvalue weighted by Gasteiger charge is -2.21. The van der Waals surface area contributed by atoms with Crippen molar-refractivity contribution in [2.24, 2.45) is 5.73 Å². The zero-order chi connectivity index (χ0) is 24.8. The molecular formula is C26H29N5O4. The summed E-state index contributed by atoms with van der Waals surface area (Å²) in [4.78, 5) is 22.0. The van der Waals surface area contributed by atoms with Crippen LogP contribution in [0.4, 0.5) is 5.82 Å². The minimum Gasteiger partial charge on any atom is -0.493 e. The highest BCUT2D eigenvalue weighted by molar-refractivity contribution is 5.95. The molecule has 9 heteroatoms. The SMILES string of the molecule is CCOC(=O)c1ccc(-n2cnc3cc(OC)c(OC)cc32)nc1NC(CCN)c1ccccc1. The number of hydrogen-bond donors (Lipinski definition) is 2. The third-order valence-electron chi connectivity index (χ3n) is 5.64. The van der Waals surface area contributed by atoms with Crippen LogP contribution in [0.2, 0.25) is 0 Å². The van der Waals surface area contributed by atoms with Crippen molar-refractivity contribution in [3.63, 3.8) is 0 Å². The van der Waals surface area contributed by atoms with Gasteiger partial charge in [-0.2, -0.15) is 0 Å². The van der Waals surface area contributed by atoms with Gasteiger partial charge in [0.2, 0.25) is 0 Å². The van der Waals surface area contributed by atoms with E-state index in [-0.39, 0.29) is 12.6 Å². The fourth-order valence-corrected chi connectivity index (χ4v) is 3.92. The van der Waals surface area contributed by atoms with Gasteiger partial charge >= 0.3 is 5.97 Å². The molecule has 0 saturated carbocycles. The Morgan fingerprint density at radius 1 is 1.09 bits per heavy atom. The maximum Gasteiger partial charge on any atom is 0.341 e. The maximum absolute atomic E-state index is 12.7. The minimum atomic E-state index is -0.449. The topological polar surface area (TPSA) is 114 Å². The molecule has 1 atom stereocenters. The third-order valence-corrected chi connectivity index (χ3v) is 5.64. The number of benzene rings is 2. The van der Waals surface area contributed by atoms with E-state index in [0.717, 1.165) is 16.6 Å². The Hall–Kier alpha value is -4.11. The van der Waals surface area contributed by atoms with E-state index in [1.807, 2.05) is 47.0 Å².